The second kappa shape index (κ2) is 6.99. The van der Waals surface area contributed by atoms with Crippen molar-refractivity contribution < 1.29 is 4.79 Å². The van der Waals surface area contributed by atoms with Crippen LogP contribution < -0.4 is 10.6 Å². The maximum absolute atomic E-state index is 10.6. The molecule has 2 N–H and O–H groups in total. The molecular formula is C11H22N2OS. The fraction of sp³-hybridized carbons (Fsp3) is 0.909. The molecule has 2 aliphatic rings. The van der Waals surface area contributed by atoms with Gasteiger partial charge in [-0.25, -0.2) is 4.79 Å². The predicted octanol–water partition coefficient (Wildman–Crippen LogP) is 2.37. The molecule has 0 aliphatic carbocycles. The first kappa shape index (κ1) is 12.7. The molecule has 2 heterocycles. The normalized spacial score (nSPS) is 27.5. The van der Waals surface area contributed by atoms with Gasteiger partial charge in [-0.05, 0) is 0 Å². The number of hydrogen-bond donors (Lipinski definition) is 2. The van der Waals surface area contributed by atoms with Crippen molar-refractivity contribution in [2.24, 2.45) is 0 Å². The Hall–Kier alpha value is -0.380. The predicted molar refractivity (Wildman–Crippen MR) is 66.4 cm³/mol. The highest BCUT2D eigenvalue weighted by Crippen LogP contribution is 2.20. The second-order valence-corrected chi connectivity index (χ2v) is 5.15. The summed E-state index contributed by atoms with van der Waals surface area (Å²) >= 11 is 1.89. The quantitative estimate of drug-likeness (QED) is 0.577. The molecule has 4 heteroatoms. The summed E-state index contributed by atoms with van der Waals surface area (Å²) in [6.07, 6.45) is 5.54. The third-order valence-electron chi connectivity index (χ3n) is 2.67. The summed E-state index contributed by atoms with van der Waals surface area (Å²) in [4.78, 5) is 10.6. The molecule has 2 saturated heterocycles. The summed E-state index contributed by atoms with van der Waals surface area (Å²) in [5.74, 6) is 2.15. The van der Waals surface area contributed by atoms with Crippen molar-refractivity contribution in [1.29, 1.82) is 0 Å². The zero-order valence-corrected chi connectivity index (χ0v) is 10.5. The highest BCUT2D eigenvalue weighted by atomic mass is 32.2. The fourth-order valence-electron chi connectivity index (χ4n) is 1.72. The van der Waals surface area contributed by atoms with E-state index in [1.54, 1.807) is 0 Å². The lowest BCUT2D eigenvalue weighted by molar-refractivity contribution is 0.247. The minimum Gasteiger partial charge on any atom is -0.332 e. The Morgan fingerprint density at radius 2 is 1.60 bits per heavy atom. The SMILES string of the molecule is CCCCCC.O=C1NC2CSCC2N1. The minimum atomic E-state index is 0.00491. The van der Waals surface area contributed by atoms with E-state index in [1.807, 2.05) is 11.8 Å². The number of carbonyl (C=O) groups is 1. The van der Waals surface area contributed by atoms with Gasteiger partial charge in [0.1, 0.15) is 0 Å². The largest absolute Gasteiger partial charge is 0.332 e. The van der Waals surface area contributed by atoms with Gasteiger partial charge in [0.05, 0.1) is 12.1 Å². The van der Waals surface area contributed by atoms with Gasteiger partial charge in [-0.3, -0.25) is 0 Å². The second-order valence-electron chi connectivity index (χ2n) is 4.08. The van der Waals surface area contributed by atoms with E-state index in [0.717, 1.165) is 11.5 Å². The molecular weight excluding hydrogens is 208 g/mol. The number of rotatable bonds is 3. The molecule has 3 nitrogen and oxygen atoms in total. The summed E-state index contributed by atoms with van der Waals surface area (Å²) in [5.41, 5.74) is 0. The zero-order chi connectivity index (χ0) is 11.1. The molecule has 0 aromatic rings. The third kappa shape index (κ3) is 4.33. The average molecular weight is 230 g/mol. The average Bonchev–Trinajstić information content (AvgIpc) is 2.75. The van der Waals surface area contributed by atoms with Crippen LogP contribution in [0.25, 0.3) is 0 Å². The first-order valence-corrected chi connectivity index (χ1v) is 7.08. The van der Waals surface area contributed by atoms with Gasteiger partial charge in [0, 0.05) is 11.5 Å². The van der Waals surface area contributed by atoms with Crippen LogP contribution in [0.15, 0.2) is 0 Å². The van der Waals surface area contributed by atoms with Crippen molar-refractivity contribution in [3.8, 4) is 0 Å². The number of hydrogen-bond acceptors (Lipinski definition) is 2. The van der Waals surface area contributed by atoms with Crippen LogP contribution in [-0.4, -0.2) is 29.6 Å². The molecule has 0 aromatic carbocycles. The van der Waals surface area contributed by atoms with E-state index < -0.39 is 0 Å². The van der Waals surface area contributed by atoms with Crippen LogP contribution in [0.2, 0.25) is 0 Å². The van der Waals surface area contributed by atoms with Gasteiger partial charge in [-0.1, -0.05) is 39.5 Å². The highest BCUT2D eigenvalue weighted by molar-refractivity contribution is 7.99. The first-order chi connectivity index (χ1) is 7.27. The van der Waals surface area contributed by atoms with Crippen LogP contribution in [0.4, 0.5) is 4.79 Å². The topological polar surface area (TPSA) is 41.1 Å². The molecule has 2 rings (SSSR count). The number of urea groups is 1. The smallest absolute Gasteiger partial charge is 0.315 e. The molecule has 0 spiro atoms. The summed E-state index contributed by atoms with van der Waals surface area (Å²) in [6, 6.07) is 0.815. The number of thioether (sulfide) groups is 1. The van der Waals surface area contributed by atoms with Crippen molar-refractivity contribution in [3.63, 3.8) is 0 Å². The summed E-state index contributed by atoms with van der Waals surface area (Å²) < 4.78 is 0. The van der Waals surface area contributed by atoms with Gasteiger partial charge in [-0.2, -0.15) is 11.8 Å². The molecule has 0 saturated carbocycles. The van der Waals surface area contributed by atoms with E-state index in [9.17, 15) is 4.79 Å². The Bertz CT molecular complexity index is 181. The molecule has 2 fully saturated rings. The number of carbonyl (C=O) groups excluding carboxylic acids is 1. The molecule has 2 atom stereocenters. The molecule has 88 valence electrons. The molecule has 2 unspecified atom stereocenters. The fourth-order valence-corrected chi connectivity index (χ4v) is 2.99. The molecule has 15 heavy (non-hydrogen) atoms. The third-order valence-corrected chi connectivity index (χ3v) is 3.86. The number of unbranched alkanes of at least 4 members (excludes halogenated alkanes) is 3. The van der Waals surface area contributed by atoms with Gasteiger partial charge in [0.25, 0.3) is 0 Å². The molecule has 0 radical (unpaired) electrons. The number of nitrogens with one attached hydrogen (secondary N) is 2. The monoisotopic (exact) mass is 230 g/mol. The molecule has 2 amide bonds. The first-order valence-electron chi connectivity index (χ1n) is 5.92. The highest BCUT2D eigenvalue weighted by Gasteiger charge is 2.35. The van der Waals surface area contributed by atoms with Crippen molar-refractivity contribution in [2.45, 2.75) is 51.6 Å². The maximum Gasteiger partial charge on any atom is 0.315 e. The van der Waals surface area contributed by atoms with Crippen LogP contribution in [0.1, 0.15) is 39.5 Å². The van der Waals surface area contributed by atoms with Crippen molar-refractivity contribution in [2.75, 3.05) is 11.5 Å². The standard InChI is InChI=1S/C6H14.C5H8N2OS/c1-3-5-6-4-2;8-5-6-3-1-9-2-4(3)7-5/h3-6H2,1-2H3;3-4H,1-2H2,(H2,6,7,8). The Balaban J connectivity index is 0.000000167. The van der Waals surface area contributed by atoms with E-state index in [1.165, 1.54) is 25.7 Å². The van der Waals surface area contributed by atoms with Crippen LogP contribution >= 0.6 is 11.8 Å². The van der Waals surface area contributed by atoms with E-state index in [0.29, 0.717) is 12.1 Å². The van der Waals surface area contributed by atoms with Crippen molar-refractivity contribution >= 4 is 17.8 Å². The molecule has 2 aliphatic heterocycles. The summed E-state index contributed by atoms with van der Waals surface area (Å²) in [5, 5.41) is 5.69. The van der Waals surface area contributed by atoms with E-state index in [4.69, 9.17) is 0 Å². The van der Waals surface area contributed by atoms with Crippen LogP contribution in [0.3, 0.4) is 0 Å². The van der Waals surface area contributed by atoms with Gasteiger partial charge < -0.3 is 10.6 Å². The van der Waals surface area contributed by atoms with E-state index in [-0.39, 0.29) is 6.03 Å². The summed E-state index contributed by atoms with van der Waals surface area (Å²) in [6.45, 7) is 4.46. The van der Waals surface area contributed by atoms with Crippen LogP contribution in [0.5, 0.6) is 0 Å². The van der Waals surface area contributed by atoms with E-state index in [2.05, 4.69) is 24.5 Å². The van der Waals surface area contributed by atoms with Crippen molar-refractivity contribution in [1.82, 2.24) is 10.6 Å². The van der Waals surface area contributed by atoms with Gasteiger partial charge >= 0.3 is 6.03 Å². The lowest BCUT2D eigenvalue weighted by Crippen LogP contribution is -2.31. The zero-order valence-electron chi connectivity index (χ0n) is 9.71. The Kier molecular flexibility index (Phi) is 5.91. The Morgan fingerprint density at radius 1 is 1.13 bits per heavy atom. The van der Waals surface area contributed by atoms with Crippen LogP contribution in [-0.2, 0) is 0 Å². The maximum atomic E-state index is 10.6. The lowest BCUT2D eigenvalue weighted by atomic mass is 10.2. The van der Waals surface area contributed by atoms with Crippen molar-refractivity contribution in [3.05, 3.63) is 0 Å². The molecule has 0 bridgehead atoms. The van der Waals surface area contributed by atoms with E-state index >= 15 is 0 Å². The number of fused-ring (bicyclic) bond motifs is 1. The summed E-state index contributed by atoms with van der Waals surface area (Å²) in [7, 11) is 0. The lowest BCUT2D eigenvalue weighted by Gasteiger charge is -2.02. The van der Waals surface area contributed by atoms with Gasteiger partial charge in [-0.15, -0.1) is 0 Å². The molecule has 0 aromatic heterocycles. The minimum absolute atomic E-state index is 0.00491. The number of amides is 2. The Labute approximate surface area is 96.8 Å². The Morgan fingerprint density at radius 3 is 2.00 bits per heavy atom. The van der Waals surface area contributed by atoms with Gasteiger partial charge in [0.15, 0.2) is 0 Å². The van der Waals surface area contributed by atoms with Crippen LogP contribution in [0, 0.1) is 0 Å². The van der Waals surface area contributed by atoms with Gasteiger partial charge in [0.2, 0.25) is 0 Å².